The number of carbonyl (C=O) groups excluding carboxylic acids is 1. The molecule has 98 valence electrons. The molecule has 0 spiro atoms. The number of benzene rings is 1. The second-order valence-electron chi connectivity index (χ2n) is 3.83. The molecule has 0 radical (unpaired) electrons. The maximum atomic E-state index is 11.4. The average molecular weight is 248 g/mol. The topological polar surface area (TPSA) is 35.5 Å². The lowest BCUT2D eigenvalue weighted by molar-refractivity contribution is -0.137. The van der Waals surface area contributed by atoms with Gasteiger partial charge < -0.3 is 9.47 Å². The van der Waals surface area contributed by atoms with Gasteiger partial charge in [0, 0.05) is 11.6 Å². The van der Waals surface area contributed by atoms with E-state index >= 15 is 0 Å². The highest BCUT2D eigenvalue weighted by Gasteiger charge is 2.00. The molecule has 0 aliphatic rings. The van der Waals surface area contributed by atoms with Crippen molar-refractivity contribution in [3.63, 3.8) is 0 Å². The van der Waals surface area contributed by atoms with Crippen LogP contribution in [-0.2, 0) is 9.53 Å². The summed E-state index contributed by atoms with van der Waals surface area (Å²) in [6, 6.07) is 7.60. The molecule has 0 bridgehead atoms. The van der Waals surface area contributed by atoms with Gasteiger partial charge >= 0.3 is 5.97 Å². The second-order valence-corrected chi connectivity index (χ2v) is 3.83. The van der Waals surface area contributed by atoms with Crippen molar-refractivity contribution < 1.29 is 14.3 Å². The van der Waals surface area contributed by atoms with Crippen molar-refractivity contribution >= 4 is 12.0 Å². The summed E-state index contributed by atoms with van der Waals surface area (Å²) in [5, 5.41) is 0. The fourth-order valence-corrected chi connectivity index (χ4v) is 1.43. The van der Waals surface area contributed by atoms with Gasteiger partial charge in [0.15, 0.2) is 0 Å². The maximum Gasteiger partial charge on any atom is 0.330 e. The van der Waals surface area contributed by atoms with Gasteiger partial charge in [-0.25, -0.2) is 4.79 Å². The van der Waals surface area contributed by atoms with Crippen molar-refractivity contribution in [2.45, 2.75) is 26.7 Å². The van der Waals surface area contributed by atoms with Gasteiger partial charge in [0.1, 0.15) is 5.75 Å². The smallest absolute Gasteiger partial charge is 0.330 e. The number of hydrogen-bond donors (Lipinski definition) is 0. The molecule has 3 nitrogen and oxygen atoms in total. The molecule has 0 saturated heterocycles. The largest absolute Gasteiger partial charge is 0.493 e. The molecule has 0 fully saturated rings. The van der Waals surface area contributed by atoms with Crippen LogP contribution in [0.4, 0.5) is 0 Å². The summed E-state index contributed by atoms with van der Waals surface area (Å²) in [5.41, 5.74) is 0.881. The molecule has 1 rings (SSSR count). The lowest BCUT2D eigenvalue weighted by atomic mass is 10.2. The first-order chi connectivity index (χ1) is 8.77. The first kappa shape index (κ1) is 14.3. The summed E-state index contributed by atoms with van der Waals surface area (Å²) in [6.07, 6.45) is 5.08. The van der Waals surface area contributed by atoms with Crippen LogP contribution in [0.15, 0.2) is 30.3 Å². The number of unbranched alkanes of at least 4 members (excludes halogenated alkanes) is 1. The molecule has 1 aromatic carbocycles. The summed E-state index contributed by atoms with van der Waals surface area (Å²) < 4.78 is 10.5. The van der Waals surface area contributed by atoms with Crippen LogP contribution in [0.5, 0.6) is 5.75 Å². The molecule has 1 aromatic rings. The Kier molecular flexibility index (Phi) is 6.62. The Hall–Kier alpha value is -1.77. The van der Waals surface area contributed by atoms with Crippen molar-refractivity contribution in [3.05, 3.63) is 35.9 Å². The van der Waals surface area contributed by atoms with E-state index in [1.807, 2.05) is 31.2 Å². The van der Waals surface area contributed by atoms with E-state index in [0.29, 0.717) is 13.2 Å². The quantitative estimate of drug-likeness (QED) is 0.421. The van der Waals surface area contributed by atoms with Gasteiger partial charge in [-0.1, -0.05) is 31.5 Å². The van der Waals surface area contributed by atoms with Crippen LogP contribution in [0.1, 0.15) is 32.3 Å². The van der Waals surface area contributed by atoms with Gasteiger partial charge in [0.2, 0.25) is 0 Å². The van der Waals surface area contributed by atoms with Gasteiger partial charge in [-0.3, -0.25) is 0 Å². The maximum absolute atomic E-state index is 11.4. The van der Waals surface area contributed by atoms with Crippen LogP contribution in [0.2, 0.25) is 0 Å². The van der Waals surface area contributed by atoms with E-state index in [0.717, 1.165) is 24.2 Å². The molecule has 3 heteroatoms. The van der Waals surface area contributed by atoms with E-state index in [1.54, 1.807) is 6.08 Å². The molecule has 0 unspecified atom stereocenters. The van der Waals surface area contributed by atoms with Crippen molar-refractivity contribution in [1.82, 2.24) is 0 Å². The van der Waals surface area contributed by atoms with E-state index in [2.05, 4.69) is 6.92 Å². The fraction of sp³-hybridized carbons (Fsp3) is 0.400. The molecule has 0 amide bonds. The van der Waals surface area contributed by atoms with Crippen LogP contribution in [-0.4, -0.2) is 19.2 Å². The van der Waals surface area contributed by atoms with Crippen molar-refractivity contribution in [1.29, 1.82) is 0 Å². The third-order valence-corrected chi connectivity index (χ3v) is 2.36. The van der Waals surface area contributed by atoms with Gasteiger partial charge in [-0.15, -0.1) is 0 Å². The predicted molar refractivity (Wildman–Crippen MR) is 72.5 cm³/mol. The minimum Gasteiger partial charge on any atom is -0.493 e. The molecule has 0 heterocycles. The minimum atomic E-state index is -0.310. The van der Waals surface area contributed by atoms with Crippen LogP contribution >= 0.6 is 0 Å². The van der Waals surface area contributed by atoms with Gasteiger partial charge in [0.05, 0.1) is 13.2 Å². The summed E-state index contributed by atoms with van der Waals surface area (Å²) in [5.74, 6) is 0.465. The zero-order valence-corrected chi connectivity index (χ0v) is 11.0. The zero-order valence-electron chi connectivity index (χ0n) is 11.0. The van der Waals surface area contributed by atoms with E-state index < -0.39 is 0 Å². The fourth-order valence-electron chi connectivity index (χ4n) is 1.43. The number of hydrogen-bond acceptors (Lipinski definition) is 3. The molecule has 0 aliphatic heterocycles. The predicted octanol–water partition coefficient (Wildman–Crippen LogP) is 3.44. The van der Waals surface area contributed by atoms with Crippen LogP contribution in [0, 0.1) is 0 Å². The lowest BCUT2D eigenvalue weighted by Gasteiger charge is -2.06. The molecule has 0 aromatic heterocycles. The van der Waals surface area contributed by atoms with E-state index in [-0.39, 0.29) is 5.97 Å². The number of esters is 1. The van der Waals surface area contributed by atoms with Gasteiger partial charge in [-0.05, 0) is 25.5 Å². The SMILES string of the molecule is CCCCOC(=O)C=Cc1ccccc1OCC. The van der Waals surface area contributed by atoms with Gasteiger partial charge in [-0.2, -0.15) is 0 Å². The number of para-hydroxylation sites is 1. The number of rotatable bonds is 7. The normalized spacial score (nSPS) is 10.6. The Labute approximate surface area is 108 Å². The Balaban J connectivity index is 2.57. The minimum absolute atomic E-state index is 0.310. The Morgan fingerprint density at radius 2 is 2.06 bits per heavy atom. The Morgan fingerprint density at radius 1 is 1.28 bits per heavy atom. The Morgan fingerprint density at radius 3 is 2.78 bits per heavy atom. The summed E-state index contributed by atoms with van der Waals surface area (Å²) in [6.45, 7) is 5.07. The van der Waals surface area contributed by atoms with E-state index in [1.165, 1.54) is 6.08 Å². The molecule has 18 heavy (non-hydrogen) atoms. The van der Waals surface area contributed by atoms with Crippen molar-refractivity contribution in [2.75, 3.05) is 13.2 Å². The monoisotopic (exact) mass is 248 g/mol. The average Bonchev–Trinajstić information content (AvgIpc) is 2.38. The first-order valence-corrected chi connectivity index (χ1v) is 6.34. The molecule has 0 aliphatic carbocycles. The molecule has 0 atom stereocenters. The first-order valence-electron chi connectivity index (χ1n) is 6.34. The van der Waals surface area contributed by atoms with E-state index in [9.17, 15) is 4.79 Å². The highest BCUT2D eigenvalue weighted by atomic mass is 16.5. The third-order valence-electron chi connectivity index (χ3n) is 2.36. The summed E-state index contributed by atoms with van der Waals surface area (Å²) in [7, 11) is 0. The summed E-state index contributed by atoms with van der Waals surface area (Å²) >= 11 is 0. The van der Waals surface area contributed by atoms with Crippen LogP contribution < -0.4 is 4.74 Å². The Bertz CT molecular complexity index is 396. The molecular formula is C15H20O3. The zero-order chi connectivity index (χ0) is 13.2. The molecule has 0 saturated carbocycles. The van der Waals surface area contributed by atoms with Gasteiger partial charge in [0.25, 0.3) is 0 Å². The number of carbonyl (C=O) groups is 1. The lowest BCUT2D eigenvalue weighted by Crippen LogP contribution is -2.01. The van der Waals surface area contributed by atoms with Crippen molar-refractivity contribution in [3.8, 4) is 5.75 Å². The highest BCUT2D eigenvalue weighted by Crippen LogP contribution is 2.19. The standard InChI is InChI=1S/C15H20O3/c1-3-5-12-18-15(16)11-10-13-8-6-7-9-14(13)17-4-2/h6-11H,3-5,12H2,1-2H3. The second kappa shape index (κ2) is 8.34. The van der Waals surface area contributed by atoms with Crippen molar-refractivity contribution in [2.24, 2.45) is 0 Å². The molecule has 0 N–H and O–H groups in total. The number of ether oxygens (including phenoxy) is 2. The van der Waals surface area contributed by atoms with Crippen LogP contribution in [0.25, 0.3) is 6.08 Å². The summed E-state index contributed by atoms with van der Waals surface area (Å²) in [4.78, 5) is 11.4. The van der Waals surface area contributed by atoms with E-state index in [4.69, 9.17) is 9.47 Å². The van der Waals surface area contributed by atoms with Crippen LogP contribution in [0.3, 0.4) is 0 Å². The molecular weight excluding hydrogens is 228 g/mol. The highest BCUT2D eigenvalue weighted by molar-refractivity contribution is 5.87. The third kappa shape index (κ3) is 5.04.